The lowest BCUT2D eigenvalue weighted by Gasteiger charge is -2.16. The van der Waals surface area contributed by atoms with Gasteiger partial charge in [-0.05, 0) is 35.9 Å². The molecule has 2 heterocycles. The van der Waals surface area contributed by atoms with E-state index >= 15 is 4.39 Å². The molecule has 4 rings (SSSR count). The predicted octanol–water partition coefficient (Wildman–Crippen LogP) is 3.08. The number of pyridine rings is 1. The van der Waals surface area contributed by atoms with Crippen LogP contribution in [0.3, 0.4) is 0 Å². The summed E-state index contributed by atoms with van der Waals surface area (Å²) >= 11 is 0. The minimum absolute atomic E-state index is 0.0161. The molecule has 0 aliphatic rings. The lowest BCUT2D eigenvalue weighted by Crippen LogP contribution is -2.16. The van der Waals surface area contributed by atoms with Crippen molar-refractivity contribution in [1.82, 2.24) is 14.3 Å². The fourth-order valence-electron chi connectivity index (χ4n) is 3.30. The lowest BCUT2D eigenvalue weighted by atomic mass is 10.00. The zero-order valence-corrected chi connectivity index (χ0v) is 16.8. The number of hydrogen-bond donors (Lipinski definition) is 3. The first-order chi connectivity index (χ1) is 14.4. The van der Waals surface area contributed by atoms with E-state index in [4.69, 9.17) is 4.74 Å². The Kier molecular flexibility index (Phi) is 5.39. The number of halogens is 1. The number of H-pyrrole nitrogens is 1. The molecule has 0 amide bonds. The molecule has 0 aliphatic carbocycles. The van der Waals surface area contributed by atoms with Gasteiger partial charge in [-0.1, -0.05) is 18.2 Å². The van der Waals surface area contributed by atoms with Crippen LogP contribution in [-0.2, 0) is 24.5 Å². The Morgan fingerprint density at radius 1 is 1.13 bits per heavy atom. The number of hydrogen-bond acceptors (Lipinski definition) is 4. The maximum Gasteiger partial charge on any atom is 0.274 e. The van der Waals surface area contributed by atoms with Crippen LogP contribution in [0.1, 0.15) is 5.56 Å². The SMILES string of the molecule is Cn1cc(-c2cc(CN[SH](=O)=O)cc(F)c2Oc2ccccc2)c2cc[nH]c2c1=O. The third-order valence-corrected chi connectivity index (χ3v) is 5.08. The van der Waals surface area contributed by atoms with Crippen LogP contribution in [0.25, 0.3) is 22.0 Å². The number of fused-ring (bicyclic) bond motifs is 1. The molecule has 0 atom stereocenters. The first-order valence-electron chi connectivity index (χ1n) is 9.04. The van der Waals surface area contributed by atoms with Crippen molar-refractivity contribution in [2.45, 2.75) is 6.54 Å². The van der Waals surface area contributed by atoms with Crippen LogP contribution >= 0.6 is 0 Å². The average molecular weight is 427 g/mol. The Morgan fingerprint density at radius 3 is 2.63 bits per heavy atom. The number of aryl methyl sites for hydroxylation is 1. The second kappa shape index (κ2) is 8.13. The zero-order chi connectivity index (χ0) is 21.3. The van der Waals surface area contributed by atoms with Crippen molar-refractivity contribution < 1.29 is 17.5 Å². The summed E-state index contributed by atoms with van der Waals surface area (Å²) in [7, 11) is -1.22. The summed E-state index contributed by atoms with van der Waals surface area (Å²) in [5, 5.41) is 0.607. The second-order valence-electron chi connectivity index (χ2n) is 6.69. The number of ether oxygens (including phenoxy) is 1. The first-order valence-corrected chi connectivity index (χ1v) is 10.2. The molecule has 2 aromatic heterocycles. The van der Waals surface area contributed by atoms with E-state index in [2.05, 4.69) is 9.71 Å². The molecular weight excluding hydrogens is 409 g/mol. The minimum Gasteiger partial charge on any atom is -0.454 e. The number of thiol groups is 1. The van der Waals surface area contributed by atoms with Crippen LogP contribution in [0, 0.1) is 5.82 Å². The summed E-state index contributed by atoms with van der Waals surface area (Å²) < 4.78 is 46.5. The number of benzene rings is 2. The summed E-state index contributed by atoms with van der Waals surface area (Å²) in [4.78, 5) is 15.3. The van der Waals surface area contributed by atoms with Gasteiger partial charge in [-0.15, -0.1) is 0 Å². The Hall–Kier alpha value is -3.43. The van der Waals surface area contributed by atoms with Gasteiger partial charge in [-0.3, -0.25) is 4.79 Å². The van der Waals surface area contributed by atoms with E-state index in [-0.39, 0.29) is 17.9 Å². The predicted molar refractivity (Wildman–Crippen MR) is 113 cm³/mol. The second-order valence-corrected chi connectivity index (χ2v) is 7.52. The number of aromatic nitrogens is 2. The Morgan fingerprint density at radius 2 is 1.90 bits per heavy atom. The van der Waals surface area contributed by atoms with Crippen LogP contribution in [0.2, 0.25) is 0 Å². The van der Waals surface area contributed by atoms with Crippen molar-refractivity contribution in [2.24, 2.45) is 7.05 Å². The van der Waals surface area contributed by atoms with E-state index < -0.39 is 16.7 Å². The van der Waals surface area contributed by atoms with E-state index in [1.54, 1.807) is 55.8 Å². The van der Waals surface area contributed by atoms with E-state index in [9.17, 15) is 13.2 Å². The third kappa shape index (κ3) is 3.85. The molecule has 4 aromatic rings. The normalized spacial score (nSPS) is 11.3. The van der Waals surface area contributed by atoms with E-state index in [0.717, 1.165) is 0 Å². The highest BCUT2D eigenvalue weighted by Crippen LogP contribution is 2.39. The third-order valence-electron chi connectivity index (χ3n) is 4.66. The molecule has 0 aliphatic heterocycles. The molecule has 0 radical (unpaired) electrons. The Labute approximate surface area is 172 Å². The van der Waals surface area contributed by atoms with Gasteiger partial charge in [0.15, 0.2) is 11.6 Å². The van der Waals surface area contributed by atoms with E-state index in [0.29, 0.717) is 33.3 Å². The van der Waals surface area contributed by atoms with Crippen molar-refractivity contribution >= 4 is 21.8 Å². The van der Waals surface area contributed by atoms with Gasteiger partial charge in [0, 0.05) is 42.5 Å². The van der Waals surface area contributed by atoms with Crippen molar-refractivity contribution in [2.75, 3.05) is 0 Å². The van der Waals surface area contributed by atoms with Crippen molar-refractivity contribution in [3.63, 3.8) is 0 Å². The molecule has 0 unspecified atom stereocenters. The van der Waals surface area contributed by atoms with Gasteiger partial charge >= 0.3 is 0 Å². The highest BCUT2D eigenvalue weighted by molar-refractivity contribution is 7.70. The summed E-state index contributed by atoms with van der Waals surface area (Å²) in [6.07, 6.45) is 3.24. The fraction of sp³-hybridized carbons (Fsp3) is 0.0952. The summed E-state index contributed by atoms with van der Waals surface area (Å²) in [6.45, 7) is -0.0731. The van der Waals surface area contributed by atoms with E-state index in [1.165, 1.54) is 10.6 Å². The molecule has 0 bridgehead atoms. The summed E-state index contributed by atoms with van der Waals surface area (Å²) in [5.41, 5.74) is 1.56. The molecule has 0 spiro atoms. The van der Waals surface area contributed by atoms with Crippen molar-refractivity contribution in [3.8, 4) is 22.6 Å². The summed E-state index contributed by atoms with van der Waals surface area (Å²) in [5.74, 6) is -0.217. The van der Waals surface area contributed by atoms with Gasteiger partial charge in [-0.2, -0.15) is 0 Å². The molecule has 0 saturated carbocycles. The highest BCUT2D eigenvalue weighted by atomic mass is 32.2. The van der Waals surface area contributed by atoms with Gasteiger partial charge in [0.2, 0.25) is 10.9 Å². The lowest BCUT2D eigenvalue weighted by molar-refractivity contribution is 0.443. The molecule has 0 fully saturated rings. The number of aromatic amines is 1. The van der Waals surface area contributed by atoms with Crippen molar-refractivity contribution in [1.29, 1.82) is 0 Å². The zero-order valence-electron chi connectivity index (χ0n) is 15.9. The molecule has 154 valence electrons. The number of nitrogens with zero attached hydrogens (tertiary/aromatic N) is 1. The Bertz CT molecular complexity index is 1350. The standard InChI is InChI=1S/C21H18FN3O4S/c1-25-12-17(15-7-8-23-19(15)21(25)26)16-9-13(11-24-30(27)28)10-18(22)20(16)29-14-5-3-2-4-6-14/h2-10,12,23,30H,11H2,1H3,(H,24,27,28). The molecule has 9 heteroatoms. The van der Waals surface area contributed by atoms with Crippen molar-refractivity contribution in [3.05, 3.63) is 82.7 Å². The van der Waals surface area contributed by atoms with Gasteiger partial charge in [0.05, 0.1) is 0 Å². The first kappa shape index (κ1) is 19.9. The smallest absolute Gasteiger partial charge is 0.274 e. The van der Waals surface area contributed by atoms with Gasteiger partial charge in [-0.25, -0.2) is 17.5 Å². The molecule has 7 nitrogen and oxygen atoms in total. The van der Waals surface area contributed by atoms with Crippen LogP contribution in [0.4, 0.5) is 4.39 Å². The Balaban J connectivity index is 1.95. The average Bonchev–Trinajstić information content (AvgIpc) is 3.22. The highest BCUT2D eigenvalue weighted by Gasteiger charge is 2.19. The van der Waals surface area contributed by atoms with Gasteiger partial charge in [0.1, 0.15) is 11.3 Å². The number of nitrogens with one attached hydrogen (secondary N) is 2. The van der Waals surface area contributed by atoms with Gasteiger partial charge < -0.3 is 14.3 Å². The molecule has 0 saturated heterocycles. The number of para-hydroxylation sites is 1. The quantitative estimate of drug-likeness (QED) is 0.412. The van der Waals surface area contributed by atoms with Crippen LogP contribution in [-0.4, -0.2) is 18.0 Å². The van der Waals surface area contributed by atoms with Crippen LogP contribution < -0.4 is 15.0 Å². The monoisotopic (exact) mass is 427 g/mol. The van der Waals surface area contributed by atoms with Gasteiger partial charge in [0.25, 0.3) is 5.56 Å². The summed E-state index contributed by atoms with van der Waals surface area (Å²) in [6, 6.07) is 13.4. The largest absolute Gasteiger partial charge is 0.454 e. The van der Waals surface area contributed by atoms with E-state index in [1.807, 2.05) is 6.07 Å². The molecular formula is C21H18FN3O4S. The minimum atomic E-state index is -2.83. The number of rotatable bonds is 6. The molecule has 30 heavy (non-hydrogen) atoms. The topological polar surface area (TPSA) is 93.2 Å². The van der Waals surface area contributed by atoms with Crippen LogP contribution in [0.5, 0.6) is 11.5 Å². The maximum atomic E-state index is 15.1. The fourth-order valence-corrected chi connectivity index (χ4v) is 3.61. The molecule has 2 N–H and O–H groups in total. The maximum absolute atomic E-state index is 15.1. The molecule has 2 aromatic carbocycles. The van der Waals surface area contributed by atoms with Crippen LogP contribution in [0.15, 0.2) is 65.7 Å².